The summed E-state index contributed by atoms with van der Waals surface area (Å²) in [6.07, 6.45) is 4.07. The van der Waals surface area contributed by atoms with Gasteiger partial charge < -0.3 is 4.74 Å². The van der Waals surface area contributed by atoms with Crippen LogP contribution in [0.15, 0.2) is 66.7 Å². The largest absolute Gasteiger partial charge is 0.457 e. The minimum Gasteiger partial charge on any atom is -0.457 e. The number of rotatable bonds is 8. The third kappa shape index (κ3) is 5.74. The lowest BCUT2D eigenvalue weighted by Gasteiger charge is -2.29. The van der Waals surface area contributed by atoms with E-state index in [-0.39, 0.29) is 11.2 Å². The predicted molar refractivity (Wildman–Crippen MR) is 120 cm³/mol. The molecule has 1 unspecified atom stereocenters. The van der Waals surface area contributed by atoms with E-state index in [1.54, 1.807) is 12.1 Å². The molecule has 0 heterocycles. The molecule has 0 spiro atoms. The summed E-state index contributed by atoms with van der Waals surface area (Å²) in [6.45, 7) is 4.49. The zero-order valence-corrected chi connectivity index (χ0v) is 18.2. The minimum absolute atomic E-state index is 0.0520. The van der Waals surface area contributed by atoms with E-state index >= 15 is 0 Å². The number of ether oxygens (including phenoxy) is 1. The van der Waals surface area contributed by atoms with Crippen LogP contribution >= 0.6 is 23.2 Å². The number of aryl methyl sites for hydroxylation is 1. The molecule has 3 aromatic rings. The molecule has 1 atom stereocenters. The summed E-state index contributed by atoms with van der Waals surface area (Å²) in [7, 11) is 0. The zero-order valence-electron chi connectivity index (χ0n) is 16.7. The average molecular weight is 431 g/mol. The fraction of sp³-hybridized carbons (Fsp3) is 0.280. The van der Waals surface area contributed by atoms with Gasteiger partial charge in [0, 0.05) is 0 Å². The molecule has 0 amide bonds. The summed E-state index contributed by atoms with van der Waals surface area (Å²) < 4.78 is 18.9. The van der Waals surface area contributed by atoms with E-state index in [0.29, 0.717) is 15.8 Å². The normalized spacial score (nSPS) is 13.1. The predicted octanol–water partition coefficient (Wildman–Crippen LogP) is 8.62. The van der Waals surface area contributed by atoms with E-state index in [1.807, 2.05) is 30.3 Å². The Morgan fingerprint density at radius 2 is 1.66 bits per heavy atom. The quantitative estimate of drug-likeness (QED) is 0.347. The van der Waals surface area contributed by atoms with Crippen LogP contribution in [-0.2, 0) is 11.8 Å². The van der Waals surface area contributed by atoms with E-state index in [4.69, 9.17) is 27.9 Å². The Kier molecular flexibility index (Phi) is 7.21. The fourth-order valence-electron chi connectivity index (χ4n) is 3.48. The Hall–Kier alpha value is -2.03. The lowest BCUT2D eigenvalue weighted by Crippen LogP contribution is -2.21. The average Bonchev–Trinajstić information content (AvgIpc) is 2.72. The molecule has 152 valence electrons. The molecule has 29 heavy (non-hydrogen) atoms. The van der Waals surface area contributed by atoms with Crippen LogP contribution in [0.3, 0.4) is 0 Å². The molecule has 0 saturated carbocycles. The number of hydrogen-bond acceptors (Lipinski definition) is 1. The molecular weight excluding hydrogens is 406 g/mol. The van der Waals surface area contributed by atoms with Gasteiger partial charge in [-0.05, 0) is 90.8 Å². The summed E-state index contributed by atoms with van der Waals surface area (Å²) in [5, 5.41) is 1.20. The number of benzene rings is 3. The lowest BCUT2D eigenvalue weighted by atomic mass is 9.76. The summed E-state index contributed by atoms with van der Waals surface area (Å²) in [6, 6.07) is 20.1. The van der Waals surface area contributed by atoms with Crippen molar-refractivity contribution in [2.45, 2.75) is 44.9 Å². The highest BCUT2D eigenvalue weighted by Gasteiger charge is 2.24. The van der Waals surface area contributed by atoms with Gasteiger partial charge in [-0.2, -0.15) is 0 Å². The Morgan fingerprint density at radius 1 is 0.897 bits per heavy atom. The zero-order chi connectivity index (χ0) is 20.9. The van der Waals surface area contributed by atoms with Crippen LogP contribution in [0.1, 0.15) is 44.2 Å². The van der Waals surface area contributed by atoms with E-state index in [1.165, 1.54) is 23.3 Å². The molecule has 3 rings (SSSR count). The van der Waals surface area contributed by atoms with Gasteiger partial charge >= 0.3 is 0 Å². The minimum atomic E-state index is -0.271. The van der Waals surface area contributed by atoms with Crippen molar-refractivity contribution in [1.29, 1.82) is 0 Å². The highest BCUT2D eigenvalue weighted by molar-refractivity contribution is 6.42. The summed E-state index contributed by atoms with van der Waals surface area (Å²) in [5.41, 5.74) is 2.50. The van der Waals surface area contributed by atoms with E-state index in [2.05, 4.69) is 26.0 Å². The molecule has 1 nitrogen and oxygen atoms in total. The number of hydrogen-bond donors (Lipinski definition) is 0. The fourth-order valence-corrected chi connectivity index (χ4v) is 3.78. The standard InChI is InChI=1S/C25H25Cl2FO/c1-3-25(2,19-9-14-23(26)24(27)17-19)15-5-7-18-6-4-8-22(16-18)29-21-12-10-20(28)11-13-21/h4,6,8-14,16-17H,3,5,7,15H2,1-2H3. The molecule has 0 aromatic heterocycles. The van der Waals surface area contributed by atoms with Crippen LogP contribution < -0.4 is 4.74 Å². The number of halogens is 3. The third-order valence-corrected chi connectivity index (χ3v) is 6.28. The van der Waals surface area contributed by atoms with Crippen molar-refractivity contribution in [3.63, 3.8) is 0 Å². The molecule has 4 heteroatoms. The molecule has 0 N–H and O–H groups in total. The SMILES string of the molecule is CCC(C)(CCCc1cccc(Oc2ccc(F)cc2)c1)c1ccc(Cl)c(Cl)c1. The van der Waals surface area contributed by atoms with Crippen LogP contribution in [0, 0.1) is 5.82 Å². The first-order valence-corrected chi connectivity index (χ1v) is 10.6. The van der Waals surface area contributed by atoms with Gasteiger partial charge in [0.15, 0.2) is 0 Å². The van der Waals surface area contributed by atoms with Gasteiger partial charge in [0.1, 0.15) is 17.3 Å². The maximum atomic E-state index is 13.0. The first-order valence-electron chi connectivity index (χ1n) is 9.87. The van der Waals surface area contributed by atoms with Crippen LogP contribution in [-0.4, -0.2) is 0 Å². The van der Waals surface area contributed by atoms with Gasteiger partial charge in [-0.15, -0.1) is 0 Å². The Labute approximate surface area is 182 Å². The maximum Gasteiger partial charge on any atom is 0.127 e. The molecule has 0 aliphatic rings. The van der Waals surface area contributed by atoms with Crippen molar-refractivity contribution in [3.05, 3.63) is 93.7 Å². The summed E-state index contributed by atoms with van der Waals surface area (Å²) >= 11 is 12.3. The van der Waals surface area contributed by atoms with Gasteiger partial charge in [0.05, 0.1) is 10.0 Å². The van der Waals surface area contributed by atoms with Crippen molar-refractivity contribution < 1.29 is 9.13 Å². The Balaban J connectivity index is 1.63. The second kappa shape index (κ2) is 9.65. The van der Waals surface area contributed by atoms with Crippen molar-refractivity contribution in [2.75, 3.05) is 0 Å². The van der Waals surface area contributed by atoms with Gasteiger partial charge in [-0.1, -0.05) is 55.2 Å². The van der Waals surface area contributed by atoms with E-state index in [9.17, 15) is 4.39 Å². The van der Waals surface area contributed by atoms with Crippen LogP contribution in [0.4, 0.5) is 4.39 Å². The lowest BCUT2D eigenvalue weighted by molar-refractivity contribution is 0.405. The van der Waals surface area contributed by atoms with Gasteiger partial charge in [-0.3, -0.25) is 0 Å². The second-order valence-electron chi connectivity index (χ2n) is 7.60. The monoisotopic (exact) mass is 430 g/mol. The summed E-state index contributed by atoms with van der Waals surface area (Å²) in [5.74, 6) is 1.12. The first kappa shape index (κ1) is 21.7. The molecule has 0 fully saturated rings. The molecule has 0 aliphatic carbocycles. The first-order chi connectivity index (χ1) is 13.9. The third-order valence-electron chi connectivity index (χ3n) is 5.54. The van der Waals surface area contributed by atoms with Gasteiger partial charge in [0.25, 0.3) is 0 Å². The van der Waals surface area contributed by atoms with Crippen molar-refractivity contribution in [3.8, 4) is 11.5 Å². The smallest absolute Gasteiger partial charge is 0.127 e. The van der Waals surface area contributed by atoms with Crippen LogP contribution in [0.2, 0.25) is 10.0 Å². The van der Waals surface area contributed by atoms with E-state index < -0.39 is 0 Å². The van der Waals surface area contributed by atoms with Crippen molar-refractivity contribution in [1.82, 2.24) is 0 Å². The topological polar surface area (TPSA) is 9.23 Å². The second-order valence-corrected chi connectivity index (χ2v) is 8.41. The highest BCUT2D eigenvalue weighted by Crippen LogP contribution is 2.36. The maximum absolute atomic E-state index is 13.0. The van der Waals surface area contributed by atoms with Crippen LogP contribution in [0.5, 0.6) is 11.5 Å². The molecule has 3 aromatic carbocycles. The summed E-state index contributed by atoms with van der Waals surface area (Å²) in [4.78, 5) is 0. The molecular formula is C25H25Cl2FO. The van der Waals surface area contributed by atoms with E-state index in [0.717, 1.165) is 31.4 Å². The van der Waals surface area contributed by atoms with Crippen LogP contribution in [0.25, 0.3) is 0 Å². The molecule has 0 radical (unpaired) electrons. The molecule has 0 saturated heterocycles. The molecule has 0 aliphatic heterocycles. The Morgan fingerprint density at radius 3 is 2.34 bits per heavy atom. The Bertz CT molecular complexity index is 955. The van der Waals surface area contributed by atoms with Gasteiger partial charge in [-0.25, -0.2) is 4.39 Å². The van der Waals surface area contributed by atoms with Gasteiger partial charge in [0.2, 0.25) is 0 Å². The highest BCUT2D eigenvalue weighted by atomic mass is 35.5. The van der Waals surface area contributed by atoms with Crippen molar-refractivity contribution >= 4 is 23.2 Å². The van der Waals surface area contributed by atoms with Crippen molar-refractivity contribution in [2.24, 2.45) is 0 Å². The molecule has 0 bridgehead atoms.